The van der Waals surface area contributed by atoms with Gasteiger partial charge in [0.2, 0.25) is 0 Å². The zero-order valence-electron chi connectivity index (χ0n) is 11.2. The fourth-order valence-electron chi connectivity index (χ4n) is 3.48. The second-order valence-electron chi connectivity index (χ2n) is 5.65. The largest absolute Gasteiger partial charge is 0.348 e. The van der Waals surface area contributed by atoms with Crippen molar-refractivity contribution in [2.24, 2.45) is 0 Å². The van der Waals surface area contributed by atoms with E-state index in [1.165, 1.54) is 6.07 Å². The average Bonchev–Trinajstić information content (AvgIpc) is 3.08. The van der Waals surface area contributed by atoms with Crippen molar-refractivity contribution < 1.29 is 13.9 Å². The number of hydrogen-bond acceptors (Lipinski definition) is 3. The van der Waals surface area contributed by atoms with Gasteiger partial charge in [-0.05, 0) is 25.0 Å². The number of H-pyrrole nitrogens is 1. The second-order valence-corrected chi connectivity index (χ2v) is 5.65. The standard InChI is InChI=1S/C15H17FN2O2/c16-11-2-1-3-12-13(11)14(18-17-12)10-4-6-15(7-5-10)19-8-9-20-15/h1-3,10H,4-9H2,(H,17,18). The Kier molecular flexibility index (Phi) is 2.79. The molecule has 2 fully saturated rings. The van der Waals surface area contributed by atoms with Gasteiger partial charge in [0.1, 0.15) is 5.82 Å². The summed E-state index contributed by atoms with van der Waals surface area (Å²) in [5.41, 5.74) is 1.62. The van der Waals surface area contributed by atoms with Gasteiger partial charge in [0, 0.05) is 24.5 Å². The van der Waals surface area contributed by atoms with Gasteiger partial charge in [-0.1, -0.05) is 6.07 Å². The van der Waals surface area contributed by atoms with Crippen LogP contribution < -0.4 is 0 Å². The molecular weight excluding hydrogens is 259 g/mol. The first-order chi connectivity index (χ1) is 9.77. The van der Waals surface area contributed by atoms with Gasteiger partial charge < -0.3 is 9.47 Å². The van der Waals surface area contributed by atoms with Crippen LogP contribution in [-0.4, -0.2) is 29.2 Å². The predicted octanol–water partition coefficient (Wildman–Crippen LogP) is 3.10. The molecule has 1 spiro atoms. The molecule has 1 aromatic heterocycles. The molecule has 0 bridgehead atoms. The van der Waals surface area contributed by atoms with Crippen molar-refractivity contribution in [1.82, 2.24) is 10.2 Å². The van der Waals surface area contributed by atoms with E-state index in [9.17, 15) is 4.39 Å². The maximum absolute atomic E-state index is 14.0. The number of aromatic amines is 1. The molecule has 0 atom stereocenters. The van der Waals surface area contributed by atoms with Gasteiger partial charge in [-0.25, -0.2) is 4.39 Å². The Morgan fingerprint density at radius 3 is 2.70 bits per heavy atom. The molecule has 2 heterocycles. The van der Waals surface area contributed by atoms with Gasteiger partial charge in [0.25, 0.3) is 0 Å². The normalized spacial score (nSPS) is 22.9. The number of aromatic nitrogens is 2. The summed E-state index contributed by atoms with van der Waals surface area (Å²) in [6.45, 7) is 1.37. The fourth-order valence-corrected chi connectivity index (χ4v) is 3.48. The average molecular weight is 276 g/mol. The third-order valence-electron chi connectivity index (χ3n) is 4.53. The summed E-state index contributed by atoms with van der Waals surface area (Å²) in [6.07, 6.45) is 3.61. The molecule has 1 saturated heterocycles. The maximum Gasteiger partial charge on any atom is 0.168 e. The molecule has 4 nitrogen and oxygen atoms in total. The molecule has 1 aliphatic carbocycles. The first-order valence-electron chi connectivity index (χ1n) is 7.18. The highest BCUT2D eigenvalue weighted by atomic mass is 19.1. The quantitative estimate of drug-likeness (QED) is 0.870. The number of halogens is 1. The number of rotatable bonds is 1. The maximum atomic E-state index is 14.0. The summed E-state index contributed by atoms with van der Waals surface area (Å²) in [4.78, 5) is 0. The van der Waals surface area contributed by atoms with Gasteiger partial charge in [-0.15, -0.1) is 0 Å². The first kappa shape index (κ1) is 12.3. The number of nitrogens with zero attached hydrogens (tertiary/aromatic N) is 1. The van der Waals surface area contributed by atoms with Gasteiger partial charge in [0.15, 0.2) is 5.79 Å². The lowest BCUT2D eigenvalue weighted by Gasteiger charge is -2.35. The van der Waals surface area contributed by atoms with E-state index in [1.807, 2.05) is 6.07 Å². The van der Waals surface area contributed by atoms with E-state index in [1.54, 1.807) is 6.07 Å². The molecule has 20 heavy (non-hydrogen) atoms. The minimum Gasteiger partial charge on any atom is -0.348 e. The van der Waals surface area contributed by atoms with Gasteiger partial charge in [0.05, 0.1) is 24.1 Å². The molecule has 2 aromatic rings. The van der Waals surface area contributed by atoms with Crippen LogP contribution in [0.25, 0.3) is 10.9 Å². The van der Waals surface area contributed by atoms with E-state index < -0.39 is 0 Å². The molecule has 4 rings (SSSR count). The van der Waals surface area contributed by atoms with Crippen molar-refractivity contribution in [2.75, 3.05) is 13.2 Å². The monoisotopic (exact) mass is 276 g/mol. The van der Waals surface area contributed by atoms with Crippen molar-refractivity contribution in [3.63, 3.8) is 0 Å². The Bertz CT molecular complexity index is 624. The summed E-state index contributed by atoms with van der Waals surface area (Å²) < 4.78 is 25.5. The summed E-state index contributed by atoms with van der Waals surface area (Å²) >= 11 is 0. The van der Waals surface area contributed by atoms with Crippen molar-refractivity contribution in [3.8, 4) is 0 Å². The Hall–Kier alpha value is -1.46. The summed E-state index contributed by atoms with van der Waals surface area (Å²) in [5.74, 6) is -0.263. The Morgan fingerprint density at radius 2 is 1.95 bits per heavy atom. The van der Waals surface area contributed by atoms with Gasteiger partial charge in [-0.3, -0.25) is 5.10 Å². The lowest BCUT2D eigenvalue weighted by Crippen LogP contribution is -2.34. The summed E-state index contributed by atoms with van der Waals surface area (Å²) in [6, 6.07) is 5.03. The van der Waals surface area contributed by atoms with Crippen LogP contribution in [0.5, 0.6) is 0 Å². The van der Waals surface area contributed by atoms with Crippen LogP contribution in [0.3, 0.4) is 0 Å². The zero-order chi connectivity index (χ0) is 13.6. The number of benzene rings is 1. The van der Waals surface area contributed by atoms with Crippen LogP contribution in [0, 0.1) is 5.82 Å². The highest BCUT2D eigenvalue weighted by Gasteiger charge is 2.41. The molecular formula is C15H17FN2O2. The highest BCUT2D eigenvalue weighted by Crippen LogP contribution is 2.43. The van der Waals surface area contributed by atoms with Crippen molar-refractivity contribution >= 4 is 10.9 Å². The van der Waals surface area contributed by atoms with E-state index in [4.69, 9.17) is 9.47 Å². The van der Waals surface area contributed by atoms with Crippen LogP contribution in [-0.2, 0) is 9.47 Å². The molecule has 0 amide bonds. The third-order valence-corrected chi connectivity index (χ3v) is 4.53. The first-order valence-corrected chi connectivity index (χ1v) is 7.18. The summed E-state index contributed by atoms with van der Waals surface area (Å²) in [5, 5.41) is 7.89. The number of fused-ring (bicyclic) bond motifs is 1. The molecule has 1 saturated carbocycles. The van der Waals surface area contributed by atoms with E-state index in [2.05, 4.69) is 10.2 Å². The van der Waals surface area contributed by atoms with Crippen LogP contribution in [0.1, 0.15) is 37.3 Å². The number of ether oxygens (including phenoxy) is 2. The zero-order valence-corrected chi connectivity index (χ0v) is 11.2. The second kappa shape index (κ2) is 4.53. The number of nitrogens with one attached hydrogen (secondary N) is 1. The predicted molar refractivity (Wildman–Crippen MR) is 71.9 cm³/mol. The van der Waals surface area contributed by atoms with Crippen LogP contribution in [0.4, 0.5) is 4.39 Å². The SMILES string of the molecule is Fc1cccc2n[nH]c(C3CCC4(CC3)OCCO4)c12. The van der Waals surface area contributed by atoms with Crippen molar-refractivity contribution in [3.05, 3.63) is 29.7 Å². The topological polar surface area (TPSA) is 47.1 Å². The highest BCUT2D eigenvalue weighted by molar-refractivity contribution is 5.82. The van der Waals surface area contributed by atoms with Crippen LogP contribution in [0.15, 0.2) is 18.2 Å². The smallest absolute Gasteiger partial charge is 0.168 e. The van der Waals surface area contributed by atoms with Crippen LogP contribution >= 0.6 is 0 Å². The van der Waals surface area contributed by atoms with Crippen LogP contribution in [0.2, 0.25) is 0 Å². The molecule has 0 radical (unpaired) electrons. The lowest BCUT2D eigenvalue weighted by atomic mass is 9.82. The minimum atomic E-state index is -0.370. The van der Waals surface area contributed by atoms with Crippen molar-refractivity contribution in [1.29, 1.82) is 0 Å². The van der Waals surface area contributed by atoms with Crippen molar-refractivity contribution in [2.45, 2.75) is 37.4 Å². The molecule has 0 unspecified atom stereocenters. The molecule has 2 aliphatic rings. The molecule has 1 aliphatic heterocycles. The Labute approximate surface area is 116 Å². The fraction of sp³-hybridized carbons (Fsp3) is 0.533. The Morgan fingerprint density at radius 1 is 1.20 bits per heavy atom. The van der Waals surface area contributed by atoms with Gasteiger partial charge in [-0.2, -0.15) is 5.10 Å². The molecule has 5 heteroatoms. The van der Waals surface area contributed by atoms with E-state index in [0.717, 1.165) is 31.4 Å². The lowest BCUT2D eigenvalue weighted by molar-refractivity contribution is -0.178. The van der Waals surface area contributed by atoms with E-state index >= 15 is 0 Å². The molecule has 1 N–H and O–H groups in total. The Balaban J connectivity index is 1.62. The third kappa shape index (κ3) is 1.84. The van der Waals surface area contributed by atoms with E-state index in [-0.39, 0.29) is 11.6 Å². The minimum absolute atomic E-state index is 0.195. The summed E-state index contributed by atoms with van der Waals surface area (Å²) in [7, 11) is 0. The van der Waals surface area contributed by atoms with Gasteiger partial charge >= 0.3 is 0 Å². The number of hydrogen-bond donors (Lipinski definition) is 1. The molecule has 1 aromatic carbocycles. The van der Waals surface area contributed by atoms with E-state index in [0.29, 0.717) is 30.0 Å². The molecule has 106 valence electrons.